The van der Waals surface area contributed by atoms with E-state index in [0.29, 0.717) is 17.2 Å². The normalized spacial score (nSPS) is 37.8. The SMILES string of the molecule is C[Si](C)(C)OC1=C[C@H]2CC[C@@H]1[C@@H]2Cl. The Morgan fingerprint density at radius 1 is 1.38 bits per heavy atom. The highest BCUT2D eigenvalue weighted by Gasteiger charge is 2.43. The molecular formula is C10H17ClOSi. The van der Waals surface area contributed by atoms with Crippen LogP contribution in [0.1, 0.15) is 12.8 Å². The molecule has 0 heterocycles. The third-order valence-corrected chi connectivity index (χ3v) is 4.25. The first-order chi connectivity index (χ1) is 5.97. The molecular weight excluding hydrogens is 200 g/mol. The minimum atomic E-state index is -1.42. The smallest absolute Gasteiger partial charge is 0.241 e. The van der Waals surface area contributed by atoms with Gasteiger partial charge >= 0.3 is 0 Å². The van der Waals surface area contributed by atoms with Crippen molar-refractivity contribution < 1.29 is 4.43 Å². The third-order valence-electron chi connectivity index (χ3n) is 2.77. The number of allylic oxidation sites excluding steroid dienone is 2. The zero-order valence-corrected chi connectivity index (χ0v) is 10.3. The maximum atomic E-state index is 6.28. The first-order valence-electron chi connectivity index (χ1n) is 5.02. The van der Waals surface area contributed by atoms with Crippen LogP contribution in [0, 0.1) is 11.8 Å². The van der Waals surface area contributed by atoms with Gasteiger partial charge in [-0.1, -0.05) is 0 Å². The Bertz CT molecular complexity index is 244. The summed E-state index contributed by atoms with van der Waals surface area (Å²) in [6, 6.07) is 0. The van der Waals surface area contributed by atoms with Gasteiger partial charge in [0.2, 0.25) is 8.32 Å². The summed E-state index contributed by atoms with van der Waals surface area (Å²) in [5.41, 5.74) is 0. The molecule has 74 valence electrons. The molecule has 0 aromatic heterocycles. The molecule has 0 aromatic carbocycles. The van der Waals surface area contributed by atoms with Crippen molar-refractivity contribution >= 4 is 19.9 Å². The fourth-order valence-electron chi connectivity index (χ4n) is 2.26. The van der Waals surface area contributed by atoms with E-state index in [1.54, 1.807) is 0 Å². The van der Waals surface area contributed by atoms with Gasteiger partial charge in [-0.25, -0.2) is 0 Å². The van der Waals surface area contributed by atoms with Crippen LogP contribution in [0.2, 0.25) is 19.6 Å². The summed E-state index contributed by atoms with van der Waals surface area (Å²) in [5, 5.41) is 0.325. The van der Waals surface area contributed by atoms with Crippen molar-refractivity contribution in [3.8, 4) is 0 Å². The number of hydrogen-bond acceptors (Lipinski definition) is 1. The van der Waals surface area contributed by atoms with Gasteiger partial charge in [0.1, 0.15) is 0 Å². The standard InChI is InChI=1S/C10H17ClOSi/c1-13(2,3)12-9-6-7-4-5-8(9)10(7)11/h6-8,10H,4-5H2,1-3H3/t7-,8+,10-/m1/s1. The largest absolute Gasteiger partial charge is 0.547 e. The Kier molecular flexibility index (Phi) is 2.23. The molecule has 3 atom stereocenters. The van der Waals surface area contributed by atoms with Crippen LogP contribution >= 0.6 is 11.6 Å². The molecule has 1 saturated carbocycles. The van der Waals surface area contributed by atoms with Gasteiger partial charge in [-0.3, -0.25) is 0 Å². The molecule has 0 unspecified atom stereocenters. The topological polar surface area (TPSA) is 9.23 Å². The summed E-state index contributed by atoms with van der Waals surface area (Å²) < 4.78 is 6.02. The molecule has 2 aliphatic carbocycles. The lowest BCUT2D eigenvalue weighted by atomic mass is 10.1. The van der Waals surface area contributed by atoms with E-state index in [1.807, 2.05) is 0 Å². The molecule has 0 radical (unpaired) electrons. The zero-order chi connectivity index (χ0) is 9.64. The molecule has 0 N–H and O–H groups in total. The Morgan fingerprint density at radius 3 is 2.46 bits per heavy atom. The van der Waals surface area contributed by atoms with E-state index in [2.05, 4.69) is 25.7 Å². The maximum Gasteiger partial charge on any atom is 0.241 e. The minimum Gasteiger partial charge on any atom is -0.547 e. The minimum absolute atomic E-state index is 0.325. The fraction of sp³-hybridized carbons (Fsp3) is 0.800. The molecule has 1 nitrogen and oxygen atoms in total. The summed E-state index contributed by atoms with van der Waals surface area (Å²) in [5.74, 6) is 2.33. The Morgan fingerprint density at radius 2 is 2.08 bits per heavy atom. The third kappa shape index (κ3) is 1.79. The highest BCUT2D eigenvalue weighted by Crippen LogP contribution is 2.47. The zero-order valence-electron chi connectivity index (χ0n) is 8.51. The lowest BCUT2D eigenvalue weighted by molar-refractivity contribution is 0.352. The predicted octanol–water partition coefficient (Wildman–Crippen LogP) is 3.37. The van der Waals surface area contributed by atoms with Crippen LogP contribution in [0.5, 0.6) is 0 Å². The highest BCUT2D eigenvalue weighted by atomic mass is 35.5. The monoisotopic (exact) mass is 216 g/mol. The van der Waals surface area contributed by atoms with Crippen LogP contribution in [-0.2, 0) is 4.43 Å². The summed E-state index contributed by atoms with van der Waals surface area (Å²) in [4.78, 5) is 0. The van der Waals surface area contributed by atoms with Crippen LogP contribution in [0.4, 0.5) is 0 Å². The quantitative estimate of drug-likeness (QED) is 0.508. The van der Waals surface area contributed by atoms with Gasteiger partial charge in [-0.15, -0.1) is 11.6 Å². The lowest BCUT2D eigenvalue weighted by Gasteiger charge is -2.24. The Balaban J connectivity index is 2.07. The van der Waals surface area contributed by atoms with Crippen LogP contribution in [0.3, 0.4) is 0 Å². The number of alkyl halides is 1. The Hall–Kier alpha value is 0.0469. The summed E-state index contributed by atoms with van der Waals surface area (Å²) in [7, 11) is -1.42. The van der Waals surface area contributed by atoms with Crippen molar-refractivity contribution in [2.75, 3.05) is 0 Å². The van der Waals surface area contributed by atoms with Crippen LogP contribution in [0.15, 0.2) is 11.8 Å². The second-order valence-corrected chi connectivity index (χ2v) is 10.0. The van der Waals surface area contributed by atoms with E-state index in [4.69, 9.17) is 16.0 Å². The van der Waals surface area contributed by atoms with Gasteiger partial charge < -0.3 is 4.43 Å². The van der Waals surface area contributed by atoms with E-state index >= 15 is 0 Å². The second-order valence-electron chi connectivity index (χ2n) is 5.08. The summed E-state index contributed by atoms with van der Waals surface area (Å²) in [6.07, 6.45) is 4.76. The van der Waals surface area contributed by atoms with Crippen molar-refractivity contribution in [2.24, 2.45) is 11.8 Å². The van der Waals surface area contributed by atoms with Crippen LogP contribution in [-0.4, -0.2) is 13.7 Å². The number of hydrogen-bond donors (Lipinski definition) is 0. The molecule has 13 heavy (non-hydrogen) atoms. The van der Waals surface area contributed by atoms with Crippen LogP contribution < -0.4 is 0 Å². The molecule has 2 bridgehead atoms. The van der Waals surface area contributed by atoms with E-state index in [-0.39, 0.29) is 0 Å². The number of fused-ring (bicyclic) bond motifs is 2. The number of halogens is 1. The molecule has 0 amide bonds. The van der Waals surface area contributed by atoms with Gasteiger partial charge in [-0.05, 0) is 44.5 Å². The second kappa shape index (κ2) is 3.02. The maximum absolute atomic E-state index is 6.28. The first-order valence-corrected chi connectivity index (χ1v) is 8.86. The van der Waals surface area contributed by atoms with Gasteiger partial charge in [0.25, 0.3) is 0 Å². The highest BCUT2D eigenvalue weighted by molar-refractivity contribution is 6.70. The first kappa shape index (κ1) is 9.60. The molecule has 0 aliphatic heterocycles. The van der Waals surface area contributed by atoms with Crippen molar-refractivity contribution in [3.63, 3.8) is 0 Å². The molecule has 1 fully saturated rings. The van der Waals surface area contributed by atoms with Gasteiger partial charge in [0.15, 0.2) is 0 Å². The lowest BCUT2D eigenvalue weighted by Crippen LogP contribution is -2.27. The van der Waals surface area contributed by atoms with E-state index in [0.717, 1.165) is 0 Å². The summed E-state index contributed by atoms with van der Waals surface area (Å²) >= 11 is 6.28. The van der Waals surface area contributed by atoms with E-state index in [1.165, 1.54) is 18.6 Å². The average molecular weight is 217 g/mol. The fourth-order valence-corrected chi connectivity index (χ4v) is 3.64. The number of rotatable bonds is 2. The van der Waals surface area contributed by atoms with E-state index in [9.17, 15) is 0 Å². The van der Waals surface area contributed by atoms with Gasteiger partial charge in [0.05, 0.1) is 5.76 Å². The summed E-state index contributed by atoms with van der Waals surface area (Å²) in [6.45, 7) is 6.68. The van der Waals surface area contributed by atoms with Crippen molar-refractivity contribution in [2.45, 2.75) is 37.9 Å². The molecule has 0 saturated heterocycles. The molecule has 0 aromatic rings. The van der Waals surface area contributed by atoms with Gasteiger partial charge in [0, 0.05) is 11.3 Å². The van der Waals surface area contributed by atoms with Crippen molar-refractivity contribution in [1.29, 1.82) is 0 Å². The Labute approximate surface area is 86.2 Å². The molecule has 0 spiro atoms. The predicted molar refractivity (Wildman–Crippen MR) is 58.4 cm³/mol. The van der Waals surface area contributed by atoms with Crippen molar-refractivity contribution in [3.05, 3.63) is 11.8 Å². The molecule has 2 aliphatic rings. The average Bonchev–Trinajstić information content (AvgIpc) is 2.42. The van der Waals surface area contributed by atoms with Crippen molar-refractivity contribution in [1.82, 2.24) is 0 Å². The van der Waals surface area contributed by atoms with Crippen LogP contribution in [0.25, 0.3) is 0 Å². The molecule has 3 heteroatoms. The van der Waals surface area contributed by atoms with Gasteiger partial charge in [-0.2, -0.15) is 0 Å². The molecule has 2 rings (SSSR count). The van der Waals surface area contributed by atoms with E-state index < -0.39 is 8.32 Å².